The molecule has 0 aromatic rings. The Balaban J connectivity index is 1.80. The molecule has 2 fully saturated rings. The predicted molar refractivity (Wildman–Crippen MR) is 240 cm³/mol. The standard InChI is InChI=1S/C48H93NO13/c1-3-5-7-9-11-13-15-16-17-18-19-20-21-22-24-26-28-30-32-40(53)49-36(37(52)31-29-27-25-23-14-12-10-8-6-4-2)35-59-47-45(58)43(56)46(39(34-51)61-47)62-48-44(57)42(55)41(54)38(33-50)60-48/h36-39,41-48,50-52,54-58H,3-35H2,1-2H3,(H,49,53)/t36-,37+,38+,39+,41-,42?,43?,44?,45?,46+,47+,48-/m0/s1. The Morgan fingerprint density at radius 3 is 1.37 bits per heavy atom. The Morgan fingerprint density at radius 2 is 0.919 bits per heavy atom. The number of aliphatic hydroxyl groups is 8. The van der Waals surface area contributed by atoms with Gasteiger partial charge in [0.1, 0.15) is 48.8 Å². The molecule has 14 heteroatoms. The largest absolute Gasteiger partial charge is 0.394 e. The summed E-state index contributed by atoms with van der Waals surface area (Å²) in [6.07, 6.45) is 18.3. The highest BCUT2D eigenvalue weighted by Crippen LogP contribution is 2.30. The van der Waals surface area contributed by atoms with Gasteiger partial charge in [-0.15, -0.1) is 0 Å². The molecule has 4 unspecified atom stereocenters. The highest BCUT2D eigenvalue weighted by Gasteiger charge is 2.51. The molecule has 2 rings (SSSR count). The molecule has 2 heterocycles. The van der Waals surface area contributed by atoms with Gasteiger partial charge in [-0.2, -0.15) is 0 Å². The molecule has 2 saturated heterocycles. The Hall–Kier alpha value is -1.01. The van der Waals surface area contributed by atoms with E-state index in [1.165, 1.54) is 128 Å². The number of nitrogens with one attached hydrogen (secondary N) is 1. The van der Waals surface area contributed by atoms with Gasteiger partial charge in [-0.1, -0.05) is 187 Å². The number of unbranched alkanes of at least 4 members (excludes halogenated alkanes) is 26. The summed E-state index contributed by atoms with van der Waals surface area (Å²) in [4.78, 5) is 13.2. The van der Waals surface area contributed by atoms with Crippen LogP contribution in [0.15, 0.2) is 0 Å². The van der Waals surface area contributed by atoms with Gasteiger partial charge in [-0.05, 0) is 12.8 Å². The topological polar surface area (TPSA) is 228 Å². The van der Waals surface area contributed by atoms with Crippen LogP contribution in [0.1, 0.15) is 206 Å². The Morgan fingerprint density at radius 1 is 0.516 bits per heavy atom. The lowest BCUT2D eigenvalue weighted by molar-refractivity contribution is -0.359. The first kappa shape index (κ1) is 57.1. The van der Waals surface area contributed by atoms with Gasteiger partial charge in [0.25, 0.3) is 0 Å². The highest BCUT2D eigenvalue weighted by atomic mass is 16.7. The van der Waals surface area contributed by atoms with E-state index in [0.717, 1.165) is 51.4 Å². The molecular formula is C48H93NO13. The average molecular weight is 892 g/mol. The first-order chi connectivity index (χ1) is 30.1. The van der Waals surface area contributed by atoms with Crippen molar-refractivity contribution in [2.45, 2.75) is 280 Å². The monoisotopic (exact) mass is 892 g/mol. The fraction of sp³-hybridized carbons (Fsp3) is 0.979. The average Bonchev–Trinajstić information content (AvgIpc) is 3.27. The number of aliphatic hydroxyl groups excluding tert-OH is 8. The zero-order chi connectivity index (χ0) is 45.4. The first-order valence-electron chi connectivity index (χ1n) is 25.3. The lowest BCUT2D eigenvalue weighted by Gasteiger charge is -2.46. The van der Waals surface area contributed by atoms with Gasteiger partial charge in [0.2, 0.25) is 5.91 Å². The number of ether oxygens (including phenoxy) is 4. The van der Waals surface area contributed by atoms with E-state index in [2.05, 4.69) is 19.2 Å². The summed E-state index contributed by atoms with van der Waals surface area (Å²) in [5.74, 6) is -0.205. The van der Waals surface area contributed by atoms with E-state index in [0.29, 0.717) is 12.8 Å². The van der Waals surface area contributed by atoms with Crippen LogP contribution in [0.2, 0.25) is 0 Å². The SMILES string of the molecule is CCCCCCCCCCCCCCCCCCCCC(=O)N[C@@H](CO[C@@H]1O[C@H](CO)[C@@H](O[C@@H]2O[C@H](CO)[C@H](O)C(O)C2O)C(O)C1O)[C@H](O)CCCCCCCCCCCC. The molecule has 62 heavy (non-hydrogen) atoms. The maximum absolute atomic E-state index is 13.2. The lowest BCUT2D eigenvalue weighted by atomic mass is 9.97. The minimum Gasteiger partial charge on any atom is -0.394 e. The molecule has 2 aliphatic heterocycles. The minimum absolute atomic E-state index is 0.205. The number of hydrogen-bond acceptors (Lipinski definition) is 13. The molecule has 9 N–H and O–H groups in total. The second-order valence-electron chi connectivity index (χ2n) is 18.3. The van der Waals surface area contributed by atoms with E-state index in [1.54, 1.807) is 0 Å². The van der Waals surface area contributed by atoms with Crippen molar-refractivity contribution in [3.05, 3.63) is 0 Å². The number of carbonyl (C=O) groups excluding carboxylic acids is 1. The molecule has 0 spiro atoms. The fourth-order valence-electron chi connectivity index (χ4n) is 8.65. The summed E-state index contributed by atoms with van der Waals surface area (Å²) in [5, 5.41) is 86.7. The predicted octanol–water partition coefficient (Wildman–Crippen LogP) is 6.22. The fourth-order valence-corrected chi connectivity index (χ4v) is 8.65. The van der Waals surface area contributed by atoms with Crippen LogP contribution in [0.25, 0.3) is 0 Å². The molecular weight excluding hydrogens is 799 g/mol. The molecule has 0 radical (unpaired) electrons. The van der Waals surface area contributed by atoms with E-state index in [4.69, 9.17) is 18.9 Å². The smallest absolute Gasteiger partial charge is 0.220 e. The van der Waals surface area contributed by atoms with Crippen molar-refractivity contribution in [1.29, 1.82) is 0 Å². The molecule has 1 amide bonds. The second-order valence-corrected chi connectivity index (χ2v) is 18.3. The van der Waals surface area contributed by atoms with Gasteiger partial charge in [-0.25, -0.2) is 0 Å². The first-order valence-corrected chi connectivity index (χ1v) is 25.3. The molecule has 12 atom stereocenters. The summed E-state index contributed by atoms with van der Waals surface area (Å²) in [5.41, 5.74) is 0. The molecule has 0 aromatic heterocycles. The summed E-state index contributed by atoms with van der Waals surface area (Å²) in [7, 11) is 0. The Labute approximate surface area is 374 Å². The lowest BCUT2D eigenvalue weighted by Crippen LogP contribution is -2.65. The molecule has 0 bridgehead atoms. The number of carbonyl (C=O) groups is 1. The third kappa shape index (κ3) is 23.4. The van der Waals surface area contributed by atoms with Crippen molar-refractivity contribution in [1.82, 2.24) is 5.32 Å². The second kappa shape index (κ2) is 36.2. The maximum atomic E-state index is 13.2. The molecule has 368 valence electrons. The Bertz CT molecular complexity index is 1060. The van der Waals surface area contributed by atoms with Gasteiger partial charge in [-0.3, -0.25) is 4.79 Å². The summed E-state index contributed by atoms with van der Waals surface area (Å²) in [6, 6.07) is -0.819. The van der Waals surface area contributed by atoms with E-state index in [1.807, 2.05) is 0 Å². The van der Waals surface area contributed by atoms with Crippen LogP contribution >= 0.6 is 0 Å². The van der Waals surface area contributed by atoms with Crippen molar-refractivity contribution in [3.63, 3.8) is 0 Å². The molecule has 0 aromatic carbocycles. The van der Waals surface area contributed by atoms with Crippen LogP contribution in [-0.2, 0) is 23.7 Å². The highest BCUT2D eigenvalue weighted by molar-refractivity contribution is 5.76. The minimum atomic E-state index is -1.78. The zero-order valence-electron chi connectivity index (χ0n) is 38.9. The number of amides is 1. The van der Waals surface area contributed by atoms with Gasteiger partial charge in [0.05, 0.1) is 32.0 Å². The van der Waals surface area contributed by atoms with Gasteiger partial charge < -0.3 is 65.1 Å². The van der Waals surface area contributed by atoms with Gasteiger partial charge in [0, 0.05) is 6.42 Å². The number of rotatable bonds is 39. The van der Waals surface area contributed by atoms with Crippen LogP contribution in [0.4, 0.5) is 0 Å². The zero-order valence-corrected chi connectivity index (χ0v) is 38.9. The third-order valence-electron chi connectivity index (χ3n) is 12.8. The van der Waals surface area contributed by atoms with Crippen molar-refractivity contribution >= 4 is 5.91 Å². The van der Waals surface area contributed by atoms with E-state index < -0.39 is 86.8 Å². The van der Waals surface area contributed by atoms with E-state index in [9.17, 15) is 45.6 Å². The van der Waals surface area contributed by atoms with E-state index in [-0.39, 0.29) is 12.5 Å². The summed E-state index contributed by atoms with van der Waals surface area (Å²) >= 11 is 0. The van der Waals surface area contributed by atoms with Crippen LogP contribution in [0, 0.1) is 0 Å². The molecule has 0 saturated carbocycles. The van der Waals surface area contributed by atoms with Crippen molar-refractivity contribution in [2.75, 3.05) is 19.8 Å². The Kier molecular flexibility index (Phi) is 33.3. The molecule has 0 aliphatic carbocycles. The van der Waals surface area contributed by atoms with Crippen molar-refractivity contribution < 1.29 is 64.6 Å². The van der Waals surface area contributed by atoms with Gasteiger partial charge in [0.15, 0.2) is 12.6 Å². The molecule has 14 nitrogen and oxygen atoms in total. The summed E-state index contributed by atoms with van der Waals surface area (Å²) in [6.45, 7) is 2.84. The van der Waals surface area contributed by atoms with Gasteiger partial charge >= 0.3 is 0 Å². The van der Waals surface area contributed by atoms with Crippen molar-refractivity contribution in [3.8, 4) is 0 Å². The third-order valence-corrected chi connectivity index (χ3v) is 12.8. The van der Waals surface area contributed by atoms with Crippen molar-refractivity contribution in [2.24, 2.45) is 0 Å². The summed E-state index contributed by atoms with van der Waals surface area (Å²) < 4.78 is 22.7. The van der Waals surface area contributed by atoms with Crippen LogP contribution < -0.4 is 5.32 Å². The maximum Gasteiger partial charge on any atom is 0.220 e. The normalized spacial score (nSPS) is 27.6. The quantitative estimate of drug-likeness (QED) is 0.0313. The molecule has 2 aliphatic rings. The van der Waals surface area contributed by atoms with Crippen LogP contribution in [-0.4, -0.2) is 140 Å². The van der Waals surface area contributed by atoms with Crippen LogP contribution in [0.5, 0.6) is 0 Å². The van der Waals surface area contributed by atoms with E-state index >= 15 is 0 Å². The number of hydrogen-bond donors (Lipinski definition) is 9. The van der Waals surface area contributed by atoms with Crippen LogP contribution in [0.3, 0.4) is 0 Å².